The molecule has 0 radical (unpaired) electrons. The van der Waals surface area contributed by atoms with Crippen LogP contribution in [0.5, 0.6) is 0 Å². The fourth-order valence-electron chi connectivity index (χ4n) is 2.59. The van der Waals surface area contributed by atoms with Gasteiger partial charge in [0.2, 0.25) is 0 Å². The second-order valence-electron chi connectivity index (χ2n) is 8.44. The molecule has 0 spiro atoms. The number of alkyl halides is 8. The van der Waals surface area contributed by atoms with E-state index in [4.69, 9.17) is 79.3 Å². The second kappa shape index (κ2) is 17.6. The van der Waals surface area contributed by atoms with Gasteiger partial charge < -0.3 is 42.2 Å². The monoisotopic (exact) mass is 838 g/mol. The Morgan fingerprint density at radius 3 is 1.59 bits per heavy atom. The fraction of sp³-hybridized carbons (Fsp3) is 0.591. The van der Waals surface area contributed by atoms with Crippen LogP contribution in [0.3, 0.4) is 0 Å². The van der Waals surface area contributed by atoms with Crippen LogP contribution in [0, 0.1) is 0 Å². The van der Waals surface area contributed by atoms with Gasteiger partial charge >= 0.3 is 76.0 Å². The molecular formula is C22H19Cl6F3O18. The maximum atomic E-state index is 13.9. The maximum absolute atomic E-state index is 13.9. The van der Waals surface area contributed by atoms with Crippen molar-refractivity contribution < 1.29 is 98.5 Å². The van der Waals surface area contributed by atoms with Crippen molar-refractivity contribution in [3.63, 3.8) is 0 Å². The highest BCUT2D eigenvalue weighted by Crippen LogP contribution is 2.40. The highest BCUT2D eigenvalue weighted by molar-refractivity contribution is 6.75. The van der Waals surface area contributed by atoms with E-state index in [0.717, 1.165) is 6.92 Å². The molecule has 49 heavy (non-hydrogen) atoms. The van der Waals surface area contributed by atoms with E-state index >= 15 is 0 Å². The van der Waals surface area contributed by atoms with Crippen LogP contribution in [0.4, 0.5) is 13.2 Å². The lowest BCUT2D eigenvalue weighted by Gasteiger charge is -2.41. The fourth-order valence-corrected chi connectivity index (χ4v) is 3.12. The smallest absolute Gasteiger partial charge is 0.434 e. The minimum atomic E-state index is -6.21. The van der Waals surface area contributed by atoms with Gasteiger partial charge in [-0.05, 0) is 36.5 Å². The zero-order valence-corrected chi connectivity index (χ0v) is 29.0. The van der Waals surface area contributed by atoms with Crippen LogP contribution >= 0.6 is 69.9 Å². The van der Waals surface area contributed by atoms with E-state index < -0.39 is 99.1 Å². The van der Waals surface area contributed by atoms with E-state index in [-0.39, 0.29) is 13.3 Å². The minimum absolute atomic E-state index is 0.113. The minimum Gasteiger partial charge on any atom is -0.434 e. The first kappa shape index (κ1) is 45.8. The standard InChI is InChI=1S/C22H19Cl6F3O18/c1-5-7-11(35)43-17(4,22(41-8-32,42-9(3)33)44-10(34)6-2)12(36)46-21(47-13(37)18(23,24)25,48-15(39)20(29,30)31)16(40)45-19(26,27)14(38)49-28/h8H,5-7H2,1-4H3. The lowest BCUT2D eigenvalue weighted by atomic mass is 10.0. The summed E-state index contributed by atoms with van der Waals surface area (Å²) in [4.78, 5) is 112. The Balaban J connectivity index is 8.12. The Labute approximate surface area is 300 Å². The van der Waals surface area contributed by atoms with Crippen molar-refractivity contribution >= 4 is 124 Å². The van der Waals surface area contributed by atoms with Gasteiger partial charge in [-0.3, -0.25) is 19.2 Å². The third-order valence-corrected chi connectivity index (χ3v) is 5.75. The van der Waals surface area contributed by atoms with E-state index in [2.05, 4.69) is 32.7 Å². The first-order valence-electron chi connectivity index (χ1n) is 12.2. The van der Waals surface area contributed by atoms with Gasteiger partial charge in [-0.15, -0.1) is 0 Å². The number of carbonyl (C=O) groups is 9. The van der Waals surface area contributed by atoms with Crippen molar-refractivity contribution in [1.82, 2.24) is 0 Å². The molecule has 0 aromatic rings. The Bertz CT molecular complexity index is 1310. The molecule has 0 amide bonds. The highest BCUT2D eigenvalue weighted by Gasteiger charge is 2.71. The largest absolute Gasteiger partial charge is 0.530 e. The van der Waals surface area contributed by atoms with Crippen molar-refractivity contribution in [2.75, 3.05) is 0 Å². The molecule has 278 valence electrons. The van der Waals surface area contributed by atoms with Crippen LogP contribution < -0.4 is 0 Å². The molecule has 0 bridgehead atoms. The number of halogens is 9. The summed E-state index contributed by atoms with van der Waals surface area (Å²) in [7, 11) is 0. The van der Waals surface area contributed by atoms with Gasteiger partial charge in [0.1, 0.15) is 11.9 Å². The number of ether oxygens (including phenoxy) is 8. The van der Waals surface area contributed by atoms with Crippen molar-refractivity contribution in [3.8, 4) is 0 Å². The molecule has 18 nitrogen and oxygen atoms in total. The summed E-state index contributed by atoms with van der Waals surface area (Å²) in [6.07, 6.45) is -7.72. The normalized spacial score (nSPS) is 15.3. The van der Waals surface area contributed by atoms with E-state index in [1.54, 1.807) is 0 Å². The SMILES string of the molecule is CCCC(=O)OC(C)(C(=O)OC(OC(=O)C(F)(F)F)(OC(=O)C(Cl)(Cl)Cl)C(=O)OC(Cl)(Cl)C(=O)OCl)C(OC=O)(OC(C)=O)OC(=O)CC. The Morgan fingerprint density at radius 2 is 1.18 bits per heavy atom. The summed E-state index contributed by atoms with van der Waals surface area (Å²) < 4.78 is 72.0. The average Bonchev–Trinajstić information content (AvgIpc) is 2.94. The van der Waals surface area contributed by atoms with Gasteiger partial charge in [-0.25, -0.2) is 24.0 Å². The number of hydrogen-bond donors (Lipinski definition) is 0. The van der Waals surface area contributed by atoms with E-state index in [1.807, 2.05) is 0 Å². The summed E-state index contributed by atoms with van der Waals surface area (Å²) in [5.74, 6) is -27.9. The number of esters is 7. The predicted molar refractivity (Wildman–Crippen MR) is 147 cm³/mol. The summed E-state index contributed by atoms with van der Waals surface area (Å²) in [6.45, 7) is 2.47. The first-order valence-corrected chi connectivity index (χ1v) is 14.4. The summed E-state index contributed by atoms with van der Waals surface area (Å²) in [6, 6.07) is 0. The molecule has 0 aliphatic rings. The van der Waals surface area contributed by atoms with Crippen molar-refractivity contribution in [3.05, 3.63) is 0 Å². The molecule has 0 aliphatic carbocycles. The zero-order chi connectivity index (χ0) is 38.8. The molecule has 0 aliphatic heterocycles. The highest BCUT2D eigenvalue weighted by atomic mass is 35.6. The molecule has 27 heteroatoms. The topological polar surface area (TPSA) is 237 Å². The van der Waals surface area contributed by atoms with Gasteiger partial charge in [0.15, 0.2) is 0 Å². The molecule has 0 N–H and O–H groups in total. The summed E-state index contributed by atoms with van der Waals surface area (Å²) in [5, 5.41) is 0. The molecule has 0 rings (SSSR count). The van der Waals surface area contributed by atoms with Gasteiger partial charge in [-0.1, -0.05) is 48.7 Å². The maximum Gasteiger partial charge on any atom is 0.530 e. The van der Waals surface area contributed by atoms with Crippen LogP contribution in [0.1, 0.15) is 47.0 Å². The van der Waals surface area contributed by atoms with Crippen LogP contribution in [0.2, 0.25) is 0 Å². The van der Waals surface area contributed by atoms with Gasteiger partial charge in [0, 0.05) is 19.8 Å². The molecule has 0 aromatic heterocycles. The van der Waals surface area contributed by atoms with Gasteiger partial charge in [-0.2, -0.15) is 13.2 Å². The Hall–Kier alpha value is -3.24. The predicted octanol–water partition coefficient (Wildman–Crippen LogP) is 3.02. The summed E-state index contributed by atoms with van der Waals surface area (Å²) >= 11 is 31.5. The van der Waals surface area contributed by atoms with Crippen molar-refractivity contribution in [2.24, 2.45) is 0 Å². The van der Waals surface area contributed by atoms with E-state index in [1.165, 1.54) is 6.92 Å². The van der Waals surface area contributed by atoms with Crippen LogP contribution in [-0.2, 0) is 85.3 Å². The average molecular weight is 841 g/mol. The van der Waals surface area contributed by atoms with Gasteiger partial charge in [0.25, 0.3) is 10.3 Å². The molecule has 0 saturated carbocycles. The third-order valence-electron chi connectivity index (χ3n) is 4.69. The van der Waals surface area contributed by atoms with Crippen LogP contribution in [0.15, 0.2) is 0 Å². The van der Waals surface area contributed by atoms with E-state index in [9.17, 15) is 56.3 Å². The van der Waals surface area contributed by atoms with E-state index in [0.29, 0.717) is 6.92 Å². The Kier molecular flexibility index (Phi) is 16.4. The molecule has 3 unspecified atom stereocenters. The van der Waals surface area contributed by atoms with Crippen LogP contribution in [0.25, 0.3) is 0 Å². The quantitative estimate of drug-likeness (QED) is 0.0714. The summed E-state index contributed by atoms with van der Waals surface area (Å²) in [5.41, 5.74) is -3.90. The lowest BCUT2D eigenvalue weighted by molar-refractivity contribution is -0.388. The number of rotatable bonds is 16. The molecule has 0 saturated heterocycles. The number of carbonyl (C=O) groups excluding carboxylic acids is 9. The third kappa shape index (κ3) is 12.2. The molecule has 0 fully saturated rings. The molecular weight excluding hydrogens is 822 g/mol. The second-order valence-corrected chi connectivity index (χ2v) is 12.1. The first-order chi connectivity index (χ1) is 22.1. The Morgan fingerprint density at radius 1 is 0.673 bits per heavy atom. The number of hydrogen-bond acceptors (Lipinski definition) is 18. The molecule has 0 heterocycles. The molecule has 3 atom stereocenters. The lowest BCUT2D eigenvalue weighted by Crippen LogP contribution is -2.68. The van der Waals surface area contributed by atoms with Crippen molar-refractivity contribution in [2.45, 2.75) is 79.0 Å². The van der Waals surface area contributed by atoms with Crippen molar-refractivity contribution in [1.29, 1.82) is 0 Å². The zero-order valence-electron chi connectivity index (χ0n) is 24.4. The van der Waals surface area contributed by atoms with Crippen LogP contribution in [-0.4, -0.2) is 86.3 Å². The molecule has 0 aromatic carbocycles. The van der Waals surface area contributed by atoms with Gasteiger partial charge in [0.05, 0.1) is 0 Å².